The average Bonchev–Trinajstić information content (AvgIpc) is 2.06. The van der Waals surface area contributed by atoms with Gasteiger partial charge in [0.15, 0.2) is 0 Å². The maximum absolute atomic E-state index is 11.9. The number of alkyl halides is 3. The van der Waals surface area contributed by atoms with Crippen LogP contribution in [0.2, 0.25) is 0 Å². The fourth-order valence-corrected chi connectivity index (χ4v) is 1.16. The Balaban J connectivity index is 4.11. The second-order valence-electron chi connectivity index (χ2n) is 3.38. The van der Waals surface area contributed by atoms with E-state index in [9.17, 15) is 13.2 Å². The van der Waals surface area contributed by atoms with Gasteiger partial charge in [-0.25, -0.2) is 0 Å². The monoisotopic (exact) mass is 198 g/mol. The van der Waals surface area contributed by atoms with Crippen molar-refractivity contribution in [2.24, 2.45) is 16.9 Å². The normalized spacial score (nSPS) is 13.4. The van der Waals surface area contributed by atoms with Gasteiger partial charge in [0.2, 0.25) is 0 Å². The maximum Gasteiger partial charge on any atom is 0.389 e. The molecular weight excluding hydrogens is 181 g/mol. The van der Waals surface area contributed by atoms with Gasteiger partial charge in [-0.1, -0.05) is 6.92 Å². The van der Waals surface area contributed by atoms with Crippen molar-refractivity contribution < 1.29 is 13.2 Å². The van der Waals surface area contributed by atoms with E-state index >= 15 is 0 Å². The van der Waals surface area contributed by atoms with Gasteiger partial charge in [0, 0.05) is 6.42 Å². The van der Waals surface area contributed by atoms with Gasteiger partial charge in [-0.05, 0) is 31.3 Å². The molecule has 0 heterocycles. The molecule has 0 unspecified atom stereocenters. The molecule has 13 heavy (non-hydrogen) atoms. The third kappa shape index (κ3) is 4.47. The van der Waals surface area contributed by atoms with Crippen LogP contribution in [0.1, 0.15) is 26.2 Å². The van der Waals surface area contributed by atoms with Crippen LogP contribution in [0.25, 0.3) is 0 Å². The SMILES string of the molecule is CCC(CN)(CN)CCC(F)(F)F. The Hall–Kier alpha value is -0.290. The zero-order valence-corrected chi connectivity index (χ0v) is 7.82. The fraction of sp³-hybridized carbons (Fsp3) is 1.00. The Bertz CT molecular complexity index is 133. The van der Waals surface area contributed by atoms with E-state index in [1.807, 2.05) is 6.92 Å². The zero-order valence-electron chi connectivity index (χ0n) is 7.82. The first-order valence-corrected chi connectivity index (χ1v) is 4.36. The molecule has 0 fully saturated rings. The van der Waals surface area contributed by atoms with E-state index in [0.29, 0.717) is 6.42 Å². The molecule has 0 aliphatic heterocycles. The van der Waals surface area contributed by atoms with E-state index in [-0.39, 0.29) is 19.5 Å². The molecule has 4 N–H and O–H groups in total. The van der Waals surface area contributed by atoms with Crippen LogP contribution >= 0.6 is 0 Å². The van der Waals surface area contributed by atoms with Gasteiger partial charge in [0.1, 0.15) is 0 Å². The minimum absolute atomic E-state index is 0.0278. The highest BCUT2D eigenvalue weighted by molar-refractivity contribution is 4.80. The molecule has 0 aromatic carbocycles. The molecule has 2 nitrogen and oxygen atoms in total. The summed E-state index contributed by atoms with van der Waals surface area (Å²) in [6.07, 6.45) is -4.28. The van der Waals surface area contributed by atoms with Crippen LogP contribution in [0.3, 0.4) is 0 Å². The first-order valence-electron chi connectivity index (χ1n) is 4.36. The molecule has 0 rings (SSSR count). The predicted octanol–water partition coefficient (Wildman–Crippen LogP) is 1.64. The van der Waals surface area contributed by atoms with Crippen molar-refractivity contribution in [1.82, 2.24) is 0 Å². The summed E-state index contributed by atoms with van der Waals surface area (Å²) in [7, 11) is 0. The average molecular weight is 198 g/mol. The Morgan fingerprint density at radius 2 is 1.46 bits per heavy atom. The minimum Gasteiger partial charge on any atom is -0.330 e. The zero-order chi connectivity index (χ0) is 10.5. The molecule has 0 aromatic heterocycles. The lowest BCUT2D eigenvalue weighted by molar-refractivity contribution is -0.140. The lowest BCUT2D eigenvalue weighted by atomic mass is 9.81. The van der Waals surface area contributed by atoms with Crippen molar-refractivity contribution in [3.8, 4) is 0 Å². The molecule has 0 saturated heterocycles. The maximum atomic E-state index is 11.9. The van der Waals surface area contributed by atoms with Crippen molar-refractivity contribution in [3.05, 3.63) is 0 Å². The standard InChI is InChI=1S/C8H17F3N2/c1-2-7(5-12,6-13)3-4-8(9,10)11/h2-6,12-13H2,1H3. The first-order chi connectivity index (χ1) is 5.89. The van der Waals surface area contributed by atoms with Crippen molar-refractivity contribution in [2.45, 2.75) is 32.4 Å². The molecule has 80 valence electrons. The molecule has 0 aliphatic carbocycles. The predicted molar refractivity (Wildman–Crippen MR) is 46.1 cm³/mol. The molecular formula is C8H17F3N2. The lowest BCUT2D eigenvalue weighted by Crippen LogP contribution is -2.38. The fourth-order valence-electron chi connectivity index (χ4n) is 1.16. The Kier molecular flexibility index (Phi) is 4.70. The summed E-state index contributed by atoms with van der Waals surface area (Å²) >= 11 is 0. The highest BCUT2D eigenvalue weighted by Gasteiger charge is 2.33. The van der Waals surface area contributed by atoms with Gasteiger partial charge in [-0.2, -0.15) is 13.2 Å². The Labute approximate surface area is 76.5 Å². The lowest BCUT2D eigenvalue weighted by Gasteiger charge is -2.30. The van der Waals surface area contributed by atoms with E-state index in [0.717, 1.165) is 0 Å². The third-order valence-electron chi connectivity index (χ3n) is 2.55. The summed E-state index contributed by atoms with van der Waals surface area (Å²) in [6, 6.07) is 0. The molecule has 0 bridgehead atoms. The second-order valence-corrected chi connectivity index (χ2v) is 3.38. The molecule has 0 aliphatic rings. The van der Waals surface area contributed by atoms with E-state index in [1.54, 1.807) is 0 Å². The highest BCUT2D eigenvalue weighted by atomic mass is 19.4. The van der Waals surface area contributed by atoms with Gasteiger partial charge in [-0.15, -0.1) is 0 Å². The molecule has 0 radical (unpaired) electrons. The summed E-state index contributed by atoms with van der Waals surface area (Å²) in [4.78, 5) is 0. The van der Waals surface area contributed by atoms with E-state index in [4.69, 9.17) is 11.5 Å². The van der Waals surface area contributed by atoms with Crippen LogP contribution in [-0.4, -0.2) is 19.3 Å². The number of hydrogen-bond acceptors (Lipinski definition) is 2. The van der Waals surface area contributed by atoms with Gasteiger partial charge in [-0.3, -0.25) is 0 Å². The van der Waals surface area contributed by atoms with Crippen molar-refractivity contribution in [3.63, 3.8) is 0 Å². The van der Waals surface area contributed by atoms with Crippen LogP contribution in [0.5, 0.6) is 0 Å². The van der Waals surface area contributed by atoms with Crippen molar-refractivity contribution in [2.75, 3.05) is 13.1 Å². The van der Waals surface area contributed by atoms with Crippen LogP contribution < -0.4 is 11.5 Å². The largest absolute Gasteiger partial charge is 0.389 e. The van der Waals surface area contributed by atoms with Crippen molar-refractivity contribution in [1.29, 1.82) is 0 Å². The summed E-state index contributed by atoms with van der Waals surface area (Å²) in [5.41, 5.74) is 10.3. The van der Waals surface area contributed by atoms with E-state index in [2.05, 4.69) is 0 Å². The van der Waals surface area contributed by atoms with Gasteiger partial charge in [0.25, 0.3) is 0 Å². The number of hydrogen-bond donors (Lipinski definition) is 2. The third-order valence-corrected chi connectivity index (χ3v) is 2.55. The smallest absolute Gasteiger partial charge is 0.330 e. The summed E-state index contributed by atoms with van der Waals surface area (Å²) in [5.74, 6) is 0. The van der Waals surface area contributed by atoms with Gasteiger partial charge < -0.3 is 11.5 Å². The number of nitrogens with two attached hydrogens (primary N) is 2. The highest BCUT2D eigenvalue weighted by Crippen LogP contribution is 2.31. The van der Waals surface area contributed by atoms with Crippen molar-refractivity contribution >= 4 is 0 Å². The number of rotatable bonds is 5. The number of halogens is 3. The quantitative estimate of drug-likeness (QED) is 0.705. The van der Waals surface area contributed by atoms with Crippen LogP contribution in [0.4, 0.5) is 13.2 Å². The molecule has 0 amide bonds. The summed E-state index contributed by atoms with van der Waals surface area (Å²) < 4.78 is 35.7. The van der Waals surface area contributed by atoms with Crippen LogP contribution in [0, 0.1) is 5.41 Å². The van der Waals surface area contributed by atoms with Crippen LogP contribution in [-0.2, 0) is 0 Å². The summed E-state index contributed by atoms with van der Waals surface area (Å²) in [5, 5.41) is 0. The second kappa shape index (κ2) is 4.81. The topological polar surface area (TPSA) is 52.0 Å². The van der Waals surface area contributed by atoms with Crippen LogP contribution in [0.15, 0.2) is 0 Å². The molecule has 0 aromatic rings. The van der Waals surface area contributed by atoms with E-state index in [1.165, 1.54) is 0 Å². The Morgan fingerprint density at radius 1 is 1.00 bits per heavy atom. The summed E-state index contributed by atoms with van der Waals surface area (Å²) in [6.45, 7) is 2.25. The molecule has 0 atom stereocenters. The molecule has 0 saturated carbocycles. The first kappa shape index (κ1) is 12.7. The molecule has 0 spiro atoms. The molecule has 5 heteroatoms. The van der Waals surface area contributed by atoms with Gasteiger partial charge >= 0.3 is 6.18 Å². The van der Waals surface area contributed by atoms with Gasteiger partial charge in [0.05, 0.1) is 0 Å². The Morgan fingerprint density at radius 3 is 1.69 bits per heavy atom. The van der Waals surface area contributed by atoms with E-state index < -0.39 is 18.0 Å². The minimum atomic E-state index is -4.11.